The van der Waals surface area contributed by atoms with Crippen molar-refractivity contribution < 1.29 is 9.13 Å². The second kappa shape index (κ2) is 5.69. The molecule has 2 aromatic carbocycles. The van der Waals surface area contributed by atoms with E-state index in [1.807, 2.05) is 0 Å². The monoisotopic (exact) mass is 329 g/mol. The summed E-state index contributed by atoms with van der Waals surface area (Å²) in [6, 6.07) is 9.77. The molecule has 0 bridgehead atoms. The van der Waals surface area contributed by atoms with Crippen LogP contribution in [0.25, 0.3) is 0 Å². The summed E-state index contributed by atoms with van der Waals surface area (Å²) in [6.45, 7) is 0.0656. The fourth-order valence-corrected chi connectivity index (χ4v) is 2.22. The number of halogens is 3. The summed E-state index contributed by atoms with van der Waals surface area (Å²) in [6.07, 6.45) is 0. The first-order valence-electron chi connectivity index (χ1n) is 5.22. The average molecular weight is 331 g/mol. The first kappa shape index (κ1) is 13.3. The van der Waals surface area contributed by atoms with Crippen LogP contribution in [-0.2, 0) is 6.54 Å². The maximum atomic E-state index is 13.5. The number of ether oxygens (including phenoxy) is 1. The van der Waals surface area contributed by atoms with Gasteiger partial charge in [-0.15, -0.1) is 0 Å². The van der Waals surface area contributed by atoms with Crippen molar-refractivity contribution in [3.63, 3.8) is 0 Å². The summed E-state index contributed by atoms with van der Waals surface area (Å²) in [5.74, 6) is 0.449. The lowest BCUT2D eigenvalue weighted by atomic mass is 10.2. The van der Waals surface area contributed by atoms with Gasteiger partial charge in [-0.05, 0) is 30.3 Å². The van der Waals surface area contributed by atoms with Crippen molar-refractivity contribution >= 4 is 27.5 Å². The minimum Gasteiger partial charge on any atom is -0.455 e. The van der Waals surface area contributed by atoms with Gasteiger partial charge in [0.15, 0.2) is 0 Å². The maximum Gasteiger partial charge on any atom is 0.146 e. The van der Waals surface area contributed by atoms with E-state index in [2.05, 4.69) is 15.9 Å². The highest BCUT2D eigenvalue weighted by Crippen LogP contribution is 2.33. The van der Waals surface area contributed by atoms with E-state index in [9.17, 15) is 4.39 Å². The smallest absolute Gasteiger partial charge is 0.146 e. The Balaban J connectivity index is 2.37. The van der Waals surface area contributed by atoms with Gasteiger partial charge in [-0.25, -0.2) is 4.39 Å². The number of hydrogen-bond acceptors (Lipinski definition) is 2. The highest BCUT2D eigenvalue weighted by Gasteiger charge is 2.10. The van der Waals surface area contributed by atoms with Crippen LogP contribution in [0.4, 0.5) is 4.39 Å². The summed E-state index contributed by atoms with van der Waals surface area (Å²) in [4.78, 5) is 0. The molecule has 0 unspecified atom stereocenters. The fourth-order valence-electron chi connectivity index (χ4n) is 1.51. The maximum absolute atomic E-state index is 13.5. The molecule has 0 radical (unpaired) electrons. The standard InChI is InChI=1S/C13H10BrClFNO/c14-8-4-5-13(10(15)6-8)18-12-3-1-2-11(16)9(12)7-17/h1-6H,7,17H2. The molecule has 0 saturated carbocycles. The topological polar surface area (TPSA) is 35.2 Å². The van der Waals surface area contributed by atoms with Gasteiger partial charge in [0.1, 0.15) is 17.3 Å². The van der Waals surface area contributed by atoms with E-state index in [-0.39, 0.29) is 12.4 Å². The lowest BCUT2D eigenvalue weighted by Gasteiger charge is -2.11. The summed E-state index contributed by atoms with van der Waals surface area (Å²) < 4.78 is 20.0. The van der Waals surface area contributed by atoms with Crippen LogP contribution in [0.15, 0.2) is 40.9 Å². The third-order valence-electron chi connectivity index (χ3n) is 2.39. The Labute approximate surface area is 118 Å². The van der Waals surface area contributed by atoms with E-state index >= 15 is 0 Å². The van der Waals surface area contributed by atoms with Crippen LogP contribution < -0.4 is 10.5 Å². The molecule has 0 atom stereocenters. The second-order valence-electron chi connectivity index (χ2n) is 3.60. The van der Waals surface area contributed by atoms with E-state index in [4.69, 9.17) is 22.1 Å². The molecule has 0 aliphatic heterocycles. The van der Waals surface area contributed by atoms with Gasteiger partial charge in [0.05, 0.1) is 5.02 Å². The molecule has 0 saturated heterocycles. The fraction of sp³-hybridized carbons (Fsp3) is 0.0769. The molecule has 2 nitrogen and oxygen atoms in total. The Hall–Kier alpha value is -1.10. The zero-order valence-electron chi connectivity index (χ0n) is 9.29. The number of benzene rings is 2. The van der Waals surface area contributed by atoms with E-state index in [1.165, 1.54) is 6.07 Å². The zero-order valence-corrected chi connectivity index (χ0v) is 11.6. The van der Waals surface area contributed by atoms with E-state index in [1.54, 1.807) is 30.3 Å². The molecule has 0 fully saturated rings. The molecule has 2 aromatic rings. The molecule has 0 heterocycles. The van der Waals surface area contributed by atoms with Gasteiger partial charge in [-0.2, -0.15) is 0 Å². The second-order valence-corrected chi connectivity index (χ2v) is 4.92. The minimum absolute atomic E-state index is 0.0656. The largest absolute Gasteiger partial charge is 0.455 e. The Morgan fingerprint density at radius 1 is 1.22 bits per heavy atom. The third kappa shape index (κ3) is 2.83. The van der Waals surface area contributed by atoms with Crippen molar-refractivity contribution in [2.45, 2.75) is 6.54 Å². The lowest BCUT2D eigenvalue weighted by molar-refractivity contribution is 0.467. The van der Waals surface area contributed by atoms with Crippen LogP contribution in [0.2, 0.25) is 5.02 Å². The van der Waals surface area contributed by atoms with Crippen LogP contribution in [0.3, 0.4) is 0 Å². The molecule has 94 valence electrons. The van der Waals surface area contributed by atoms with Crippen molar-refractivity contribution in [2.75, 3.05) is 0 Å². The quantitative estimate of drug-likeness (QED) is 0.899. The van der Waals surface area contributed by atoms with Crippen LogP contribution in [0, 0.1) is 5.82 Å². The SMILES string of the molecule is NCc1c(F)cccc1Oc1ccc(Br)cc1Cl. The van der Waals surface area contributed by atoms with Gasteiger partial charge in [-0.3, -0.25) is 0 Å². The number of rotatable bonds is 3. The van der Waals surface area contributed by atoms with E-state index in [0.29, 0.717) is 22.1 Å². The van der Waals surface area contributed by atoms with Gasteiger partial charge in [-0.1, -0.05) is 33.6 Å². The van der Waals surface area contributed by atoms with Gasteiger partial charge in [0.2, 0.25) is 0 Å². The van der Waals surface area contributed by atoms with Crippen molar-refractivity contribution in [1.82, 2.24) is 0 Å². The normalized spacial score (nSPS) is 10.4. The molecule has 18 heavy (non-hydrogen) atoms. The summed E-state index contributed by atoms with van der Waals surface area (Å²) in [5.41, 5.74) is 5.84. The Kier molecular flexibility index (Phi) is 4.22. The Morgan fingerprint density at radius 3 is 2.67 bits per heavy atom. The van der Waals surface area contributed by atoms with Gasteiger partial charge in [0, 0.05) is 16.6 Å². The Bertz CT molecular complexity index is 577. The molecule has 0 spiro atoms. The van der Waals surface area contributed by atoms with Crippen LogP contribution in [0.5, 0.6) is 11.5 Å². The highest BCUT2D eigenvalue weighted by molar-refractivity contribution is 9.10. The predicted molar refractivity (Wildman–Crippen MR) is 73.5 cm³/mol. The molecule has 2 rings (SSSR count). The van der Waals surface area contributed by atoms with E-state index in [0.717, 1.165) is 4.47 Å². The van der Waals surface area contributed by atoms with Crippen LogP contribution in [-0.4, -0.2) is 0 Å². The van der Waals surface area contributed by atoms with Crippen LogP contribution >= 0.6 is 27.5 Å². The van der Waals surface area contributed by atoms with Crippen LogP contribution in [0.1, 0.15) is 5.56 Å². The lowest BCUT2D eigenvalue weighted by Crippen LogP contribution is -2.02. The zero-order chi connectivity index (χ0) is 13.1. The van der Waals surface area contributed by atoms with Crippen molar-refractivity contribution in [3.05, 3.63) is 57.3 Å². The first-order chi connectivity index (χ1) is 8.61. The molecule has 0 aromatic heterocycles. The summed E-state index contributed by atoms with van der Waals surface area (Å²) in [7, 11) is 0. The van der Waals surface area contributed by atoms with E-state index < -0.39 is 0 Å². The molecule has 5 heteroatoms. The number of nitrogens with two attached hydrogens (primary N) is 1. The van der Waals surface area contributed by atoms with Crippen molar-refractivity contribution in [2.24, 2.45) is 5.73 Å². The summed E-state index contributed by atoms with van der Waals surface area (Å²) in [5, 5.41) is 0.441. The molecule has 0 amide bonds. The van der Waals surface area contributed by atoms with Gasteiger partial charge < -0.3 is 10.5 Å². The van der Waals surface area contributed by atoms with Crippen molar-refractivity contribution in [1.29, 1.82) is 0 Å². The molecule has 2 N–H and O–H groups in total. The molecule has 0 aliphatic rings. The highest BCUT2D eigenvalue weighted by atomic mass is 79.9. The van der Waals surface area contributed by atoms with Gasteiger partial charge >= 0.3 is 0 Å². The number of hydrogen-bond donors (Lipinski definition) is 1. The Morgan fingerprint density at radius 2 is 2.00 bits per heavy atom. The molecular weight excluding hydrogens is 321 g/mol. The molecular formula is C13H10BrClFNO. The third-order valence-corrected chi connectivity index (χ3v) is 3.18. The summed E-state index contributed by atoms with van der Waals surface area (Å²) >= 11 is 9.34. The van der Waals surface area contributed by atoms with Gasteiger partial charge in [0.25, 0.3) is 0 Å². The minimum atomic E-state index is -0.386. The van der Waals surface area contributed by atoms with Crippen molar-refractivity contribution in [3.8, 4) is 11.5 Å². The first-order valence-corrected chi connectivity index (χ1v) is 6.39. The average Bonchev–Trinajstić information content (AvgIpc) is 2.33. The predicted octanol–water partition coefficient (Wildman–Crippen LogP) is 4.49. The molecule has 0 aliphatic carbocycles.